The Bertz CT molecular complexity index is 1720. The van der Waals surface area contributed by atoms with Crippen molar-refractivity contribution in [1.29, 1.82) is 0 Å². The first kappa shape index (κ1) is 32.2. The summed E-state index contributed by atoms with van der Waals surface area (Å²) in [5.74, 6) is -0.545. The minimum Gasteiger partial charge on any atom is -0.474 e. The van der Waals surface area contributed by atoms with E-state index >= 15 is 4.39 Å². The number of fused-ring (bicyclic) bond motifs is 2. The summed E-state index contributed by atoms with van der Waals surface area (Å²) in [5.41, 5.74) is -0.153. The molecule has 1 saturated heterocycles. The van der Waals surface area contributed by atoms with Crippen molar-refractivity contribution in [3.05, 3.63) is 35.9 Å². The van der Waals surface area contributed by atoms with Crippen LogP contribution in [-0.2, 0) is 14.2 Å². The first-order chi connectivity index (χ1) is 22.4. The molecule has 4 heterocycles. The highest BCUT2D eigenvalue weighted by atomic mass is 19.1. The van der Waals surface area contributed by atoms with Crippen LogP contribution in [0, 0.1) is 12.7 Å². The lowest BCUT2D eigenvalue weighted by atomic mass is 9.87. The Kier molecular flexibility index (Phi) is 8.76. The van der Waals surface area contributed by atoms with Crippen LogP contribution in [0.4, 0.5) is 36.0 Å². The Balaban J connectivity index is 1.31. The fourth-order valence-electron chi connectivity index (χ4n) is 6.02. The van der Waals surface area contributed by atoms with E-state index in [4.69, 9.17) is 18.9 Å². The third kappa shape index (κ3) is 6.86. The van der Waals surface area contributed by atoms with Gasteiger partial charge in [0.2, 0.25) is 5.88 Å². The number of pyridine rings is 2. The average Bonchev–Trinajstić information content (AvgIpc) is 2.99. The lowest BCUT2D eigenvalue weighted by molar-refractivity contribution is -0.0477. The summed E-state index contributed by atoms with van der Waals surface area (Å²) in [6.07, 6.45) is 1.22. The molecule has 6 rings (SSSR count). The Morgan fingerprint density at radius 1 is 1.00 bits per heavy atom. The molecule has 0 spiro atoms. The largest absolute Gasteiger partial charge is 0.474 e. The van der Waals surface area contributed by atoms with Crippen molar-refractivity contribution < 1.29 is 42.8 Å². The number of nitrogens with one attached hydrogen (secondary N) is 2. The molecule has 1 aromatic carbocycles. The molecule has 14 nitrogen and oxygen atoms in total. The molecule has 3 aliphatic rings. The molecular weight excluding hydrogens is 615 g/mol. The zero-order valence-corrected chi connectivity index (χ0v) is 26.6. The molecule has 0 radical (unpaired) electrons. The lowest BCUT2D eigenvalue weighted by Crippen LogP contribution is -2.52. The fourth-order valence-corrected chi connectivity index (χ4v) is 6.02. The number of aromatic nitrogens is 2. The van der Waals surface area contributed by atoms with Gasteiger partial charge >= 0.3 is 18.3 Å². The van der Waals surface area contributed by atoms with Crippen molar-refractivity contribution >= 4 is 46.2 Å². The molecule has 3 N–H and O–H groups in total. The summed E-state index contributed by atoms with van der Waals surface area (Å²) < 4.78 is 38.4. The maximum absolute atomic E-state index is 16.4. The van der Waals surface area contributed by atoms with Gasteiger partial charge in [-0.2, -0.15) is 0 Å². The van der Waals surface area contributed by atoms with Gasteiger partial charge in [0.25, 0.3) is 0 Å². The number of ether oxygens (including phenoxy) is 4. The quantitative estimate of drug-likeness (QED) is 0.324. The molecule has 2 aromatic heterocycles. The van der Waals surface area contributed by atoms with Crippen molar-refractivity contribution in [2.45, 2.75) is 58.3 Å². The third-order valence-electron chi connectivity index (χ3n) is 8.34. The van der Waals surface area contributed by atoms with Gasteiger partial charge in [-0.15, -0.1) is 0 Å². The van der Waals surface area contributed by atoms with Crippen LogP contribution in [0.25, 0.3) is 21.9 Å². The van der Waals surface area contributed by atoms with E-state index in [0.29, 0.717) is 30.2 Å². The molecule has 15 heteroatoms. The van der Waals surface area contributed by atoms with Crippen LogP contribution in [0.15, 0.2) is 24.5 Å². The highest BCUT2D eigenvalue weighted by molar-refractivity contribution is 6.04. The van der Waals surface area contributed by atoms with Crippen LogP contribution < -0.4 is 20.3 Å². The van der Waals surface area contributed by atoms with E-state index in [2.05, 4.69) is 25.5 Å². The van der Waals surface area contributed by atoms with E-state index in [-0.39, 0.29) is 58.8 Å². The summed E-state index contributed by atoms with van der Waals surface area (Å²) in [4.78, 5) is 49.6. The number of carbonyl (C=O) groups is 3. The molecule has 3 amide bonds. The minimum atomic E-state index is -1.20. The van der Waals surface area contributed by atoms with Gasteiger partial charge < -0.3 is 24.1 Å². The maximum Gasteiger partial charge on any atom is 0.413 e. The van der Waals surface area contributed by atoms with Gasteiger partial charge in [-0.3, -0.25) is 20.4 Å². The standard InChI is InChI=1S/C32H37FN6O8/c1-17-22(15-35-28-27(17)39(31(42)43)7-10-45-28)21-11-18-12-24(34-16-23(18)26(25(21)33)37-30(41)47-32(2,3)4)36-29(40)46-20-13-19(14-20)38-5-8-44-9-6-38/h11-12,15-16,19-20H,5-10,13-14H2,1-4H3,(H,37,41)(H,42,43)(H,34,36,40)/t19-,20+. The molecule has 0 atom stereocenters. The van der Waals surface area contributed by atoms with Crippen LogP contribution in [-0.4, -0.2) is 95.5 Å². The Morgan fingerprint density at radius 3 is 2.45 bits per heavy atom. The summed E-state index contributed by atoms with van der Waals surface area (Å²) in [5, 5.41) is 15.6. The van der Waals surface area contributed by atoms with Gasteiger partial charge in [0.1, 0.15) is 29.8 Å². The predicted molar refractivity (Wildman–Crippen MR) is 170 cm³/mol. The van der Waals surface area contributed by atoms with Gasteiger partial charge in [0, 0.05) is 60.9 Å². The number of benzene rings is 1. The molecule has 2 aliphatic heterocycles. The van der Waals surface area contributed by atoms with Gasteiger partial charge in [0.05, 0.1) is 25.4 Å². The smallest absolute Gasteiger partial charge is 0.413 e. The van der Waals surface area contributed by atoms with E-state index < -0.39 is 29.7 Å². The number of morpholine rings is 1. The SMILES string of the molecule is Cc1c(-c2cc3cc(NC(=O)O[C@H]4C[C@@H](N5CCOCC5)C4)ncc3c(NC(=O)OC(C)(C)C)c2F)cnc2c1N(C(=O)O)CCO2. The average molecular weight is 653 g/mol. The highest BCUT2D eigenvalue weighted by Gasteiger charge is 2.37. The van der Waals surface area contributed by atoms with Crippen LogP contribution in [0.1, 0.15) is 39.2 Å². The van der Waals surface area contributed by atoms with Gasteiger partial charge in [-0.05, 0) is 50.8 Å². The Labute approximate surface area is 270 Å². The van der Waals surface area contributed by atoms with Crippen molar-refractivity contribution in [2.75, 3.05) is 55.0 Å². The van der Waals surface area contributed by atoms with Gasteiger partial charge in [-0.25, -0.2) is 28.7 Å². The lowest BCUT2D eigenvalue weighted by Gasteiger charge is -2.43. The van der Waals surface area contributed by atoms with Crippen molar-refractivity contribution in [3.63, 3.8) is 0 Å². The maximum atomic E-state index is 16.4. The van der Waals surface area contributed by atoms with Gasteiger partial charge in [0.15, 0.2) is 5.82 Å². The third-order valence-corrected chi connectivity index (χ3v) is 8.34. The summed E-state index contributed by atoms with van der Waals surface area (Å²) in [7, 11) is 0. The van der Waals surface area contributed by atoms with Crippen LogP contribution in [0.5, 0.6) is 5.88 Å². The molecule has 0 unspecified atom stereocenters. The summed E-state index contributed by atoms with van der Waals surface area (Å²) >= 11 is 0. The van der Waals surface area contributed by atoms with E-state index in [1.165, 1.54) is 24.5 Å². The summed E-state index contributed by atoms with van der Waals surface area (Å²) in [6, 6.07) is 3.41. The molecule has 1 saturated carbocycles. The van der Waals surface area contributed by atoms with E-state index in [0.717, 1.165) is 30.8 Å². The number of hydrogen-bond donors (Lipinski definition) is 3. The topological polar surface area (TPSA) is 165 Å². The number of nitrogens with zero attached hydrogens (tertiary/aromatic N) is 4. The Hall–Kier alpha value is -4.76. The molecule has 2 fully saturated rings. The molecule has 47 heavy (non-hydrogen) atoms. The molecule has 3 aromatic rings. The zero-order valence-electron chi connectivity index (χ0n) is 26.6. The van der Waals surface area contributed by atoms with Crippen LogP contribution >= 0.6 is 0 Å². The second-order valence-electron chi connectivity index (χ2n) is 12.7. The number of hydrogen-bond acceptors (Lipinski definition) is 10. The fraction of sp³-hybridized carbons (Fsp3) is 0.469. The van der Waals surface area contributed by atoms with Crippen LogP contribution in [0.2, 0.25) is 0 Å². The monoisotopic (exact) mass is 652 g/mol. The zero-order chi connectivity index (χ0) is 33.5. The molecule has 0 bridgehead atoms. The van der Waals surface area contributed by atoms with Gasteiger partial charge in [-0.1, -0.05) is 0 Å². The van der Waals surface area contributed by atoms with Crippen LogP contribution in [0.3, 0.4) is 0 Å². The molecule has 250 valence electrons. The Morgan fingerprint density at radius 2 is 1.74 bits per heavy atom. The van der Waals surface area contributed by atoms with E-state index in [1.54, 1.807) is 27.7 Å². The van der Waals surface area contributed by atoms with E-state index in [1.807, 2.05) is 0 Å². The van der Waals surface area contributed by atoms with E-state index in [9.17, 15) is 19.5 Å². The van der Waals surface area contributed by atoms with Crippen molar-refractivity contribution in [3.8, 4) is 17.0 Å². The first-order valence-corrected chi connectivity index (χ1v) is 15.4. The number of carbonyl (C=O) groups excluding carboxylic acids is 2. The second kappa shape index (κ2) is 12.8. The number of anilines is 3. The summed E-state index contributed by atoms with van der Waals surface area (Å²) in [6.45, 7) is 10.0. The van der Waals surface area contributed by atoms with Crippen molar-refractivity contribution in [2.24, 2.45) is 0 Å². The number of amides is 3. The number of carboxylic acid groups (broad SMARTS) is 1. The highest BCUT2D eigenvalue weighted by Crippen LogP contribution is 2.42. The first-order valence-electron chi connectivity index (χ1n) is 15.4. The second-order valence-corrected chi connectivity index (χ2v) is 12.7. The van der Waals surface area contributed by atoms with Crippen molar-refractivity contribution in [1.82, 2.24) is 14.9 Å². The number of halogens is 1. The molecule has 1 aliphatic carbocycles. The number of rotatable bonds is 5. The molecular formula is C32H37FN6O8. The normalized spacial score (nSPS) is 19.6. The minimum absolute atomic E-state index is 0.0237. The predicted octanol–water partition coefficient (Wildman–Crippen LogP) is 5.38.